The van der Waals surface area contributed by atoms with Gasteiger partial charge in [0.1, 0.15) is 5.75 Å². The molecule has 0 saturated heterocycles. The second-order valence-corrected chi connectivity index (χ2v) is 5.55. The molecule has 0 aliphatic heterocycles. The SMILES string of the molecule is CC(C)Oc1ccccc1NC(=O)NCC1(O)CCC1. The van der Waals surface area contributed by atoms with Gasteiger partial charge >= 0.3 is 6.03 Å². The first-order valence-electron chi connectivity index (χ1n) is 7.01. The predicted molar refractivity (Wildman–Crippen MR) is 78.0 cm³/mol. The number of carbonyl (C=O) groups excluding carboxylic acids is 1. The highest BCUT2D eigenvalue weighted by molar-refractivity contribution is 5.90. The van der Waals surface area contributed by atoms with Crippen molar-refractivity contribution >= 4 is 11.7 Å². The standard InChI is InChI=1S/C15H22N2O3/c1-11(2)20-13-7-4-3-6-12(13)17-14(18)16-10-15(19)8-5-9-15/h3-4,6-7,11,19H,5,8-10H2,1-2H3,(H2,16,17,18). The maximum absolute atomic E-state index is 11.8. The molecule has 1 saturated carbocycles. The molecule has 1 fully saturated rings. The maximum atomic E-state index is 11.8. The van der Waals surface area contributed by atoms with Crippen LogP contribution in [0.5, 0.6) is 5.75 Å². The Kier molecular flexibility index (Phi) is 4.49. The molecule has 2 amide bonds. The second kappa shape index (κ2) is 6.13. The van der Waals surface area contributed by atoms with E-state index in [4.69, 9.17) is 4.74 Å². The number of ether oxygens (including phenoxy) is 1. The van der Waals surface area contributed by atoms with Crippen molar-refractivity contribution in [3.05, 3.63) is 24.3 Å². The van der Waals surface area contributed by atoms with E-state index in [9.17, 15) is 9.90 Å². The van der Waals surface area contributed by atoms with Gasteiger partial charge < -0.3 is 20.5 Å². The molecule has 0 unspecified atom stereocenters. The quantitative estimate of drug-likeness (QED) is 0.775. The van der Waals surface area contributed by atoms with Crippen LogP contribution in [-0.4, -0.2) is 29.4 Å². The number of carbonyl (C=O) groups is 1. The van der Waals surface area contributed by atoms with Gasteiger partial charge in [-0.3, -0.25) is 0 Å². The molecule has 110 valence electrons. The smallest absolute Gasteiger partial charge is 0.319 e. The number of anilines is 1. The van der Waals surface area contributed by atoms with Gasteiger partial charge in [0.2, 0.25) is 0 Å². The minimum atomic E-state index is -0.717. The molecule has 0 bridgehead atoms. The molecule has 0 aromatic heterocycles. The monoisotopic (exact) mass is 278 g/mol. The predicted octanol–water partition coefficient (Wildman–Crippen LogP) is 2.51. The Labute approximate surface area is 119 Å². The molecule has 0 spiro atoms. The summed E-state index contributed by atoms with van der Waals surface area (Å²) in [5.74, 6) is 0.639. The van der Waals surface area contributed by atoms with Gasteiger partial charge in [-0.25, -0.2) is 4.79 Å². The van der Waals surface area contributed by atoms with E-state index in [2.05, 4.69) is 10.6 Å². The van der Waals surface area contributed by atoms with Crippen LogP contribution in [0.2, 0.25) is 0 Å². The van der Waals surface area contributed by atoms with Gasteiger partial charge in [0.15, 0.2) is 0 Å². The fourth-order valence-corrected chi connectivity index (χ4v) is 2.10. The third-order valence-corrected chi connectivity index (χ3v) is 3.36. The van der Waals surface area contributed by atoms with Gasteiger partial charge in [-0.1, -0.05) is 12.1 Å². The van der Waals surface area contributed by atoms with Gasteiger partial charge in [-0.05, 0) is 45.2 Å². The van der Waals surface area contributed by atoms with Crippen molar-refractivity contribution in [1.29, 1.82) is 0 Å². The van der Waals surface area contributed by atoms with Crippen molar-refractivity contribution in [2.75, 3.05) is 11.9 Å². The summed E-state index contributed by atoms with van der Waals surface area (Å²) in [7, 11) is 0. The summed E-state index contributed by atoms with van der Waals surface area (Å²) in [6.45, 7) is 4.15. The molecule has 1 aromatic rings. The van der Waals surface area contributed by atoms with Gasteiger partial charge in [0, 0.05) is 6.54 Å². The van der Waals surface area contributed by atoms with E-state index >= 15 is 0 Å². The van der Waals surface area contributed by atoms with E-state index in [1.165, 1.54) is 0 Å². The molecule has 5 nitrogen and oxygen atoms in total. The zero-order valence-corrected chi connectivity index (χ0v) is 12.0. The normalized spacial score (nSPS) is 16.4. The zero-order chi connectivity index (χ0) is 14.6. The molecule has 2 rings (SSSR count). The number of aliphatic hydroxyl groups is 1. The summed E-state index contributed by atoms with van der Waals surface area (Å²) in [6, 6.07) is 6.97. The first-order chi connectivity index (χ1) is 9.48. The molecule has 20 heavy (non-hydrogen) atoms. The Balaban J connectivity index is 1.90. The number of para-hydroxylation sites is 2. The number of benzene rings is 1. The minimum Gasteiger partial charge on any atom is -0.489 e. The molecular weight excluding hydrogens is 256 g/mol. The highest BCUT2D eigenvalue weighted by Crippen LogP contribution is 2.30. The third-order valence-electron chi connectivity index (χ3n) is 3.36. The van der Waals surface area contributed by atoms with Crippen LogP contribution in [0.4, 0.5) is 10.5 Å². The Morgan fingerprint density at radius 1 is 1.40 bits per heavy atom. The summed E-state index contributed by atoms with van der Waals surface area (Å²) in [5, 5.41) is 15.4. The number of nitrogens with one attached hydrogen (secondary N) is 2. The van der Waals surface area contributed by atoms with Crippen molar-refractivity contribution in [2.45, 2.75) is 44.8 Å². The number of amides is 2. The van der Waals surface area contributed by atoms with Crippen LogP contribution in [0.15, 0.2) is 24.3 Å². The average molecular weight is 278 g/mol. The van der Waals surface area contributed by atoms with E-state index in [0.29, 0.717) is 11.4 Å². The highest BCUT2D eigenvalue weighted by atomic mass is 16.5. The van der Waals surface area contributed by atoms with E-state index in [-0.39, 0.29) is 18.7 Å². The van der Waals surface area contributed by atoms with Crippen LogP contribution >= 0.6 is 0 Å². The Bertz CT molecular complexity index is 470. The Hall–Kier alpha value is -1.75. The second-order valence-electron chi connectivity index (χ2n) is 5.55. The number of urea groups is 1. The fraction of sp³-hybridized carbons (Fsp3) is 0.533. The summed E-state index contributed by atoms with van der Waals surface area (Å²) in [6.07, 6.45) is 2.56. The molecule has 1 aliphatic carbocycles. The minimum absolute atomic E-state index is 0.0386. The molecule has 0 heterocycles. The van der Waals surface area contributed by atoms with E-state index < -0.39 is 5.60 Å². The first-order valence-corrected chi connectivity index (χ1v) is 7.01. The molecular formula is C15H22N2O3. The van der Waals surface area contributed by atoms with Crippen molar-refractivity contribution < 1.29 is 14.6 Å². The van der Waals surface area contributed by atoms with E-state index in [1.807, 2.05) is 32.0 Å². The van der Waals surface area contributed by atoms with Crippen LogP contribution in [0.3, 0.4) is 0 Å². The number of rotatable bonds is 5. The van der Waals surface area contributed by atoms with E-state index in [0.717, 1.165) is 19.3 Å². The first kappa shape index (κ1) is 14.7. The van der Waals surface area contributed by atoms with Crippen LogP contribution in [0, 0.1) is 0 Å². The summed E-state index contributed by atoms with van der Waals surface area (Å²) >= 11 is 0. The van der Waals surface area contributed by atoms with Gasteiger partial charge in [-0.15, -0.1) is 0 Å². The average Bonchev–Trinajstić information content (AvgIpc) is 2.36. The lowest BCUT2D eigenvalue weighted by Crippen LogP contribution is -2.48. The maximum Gasteiger partial charge on any atom is 0.319 e. The Morgan fingerprint density at radius 3 is 2.70 bits per heavy atom. The van der Waals surface area contributed by atoms with Gasteiger partial charge in [-0.2, -0.15) is 0 Å². The molecule has 0 atom stereocenters. The van der Waals surface area contributed by atoms with Crippen LogP contribution < -0.4 is 15.4 Å². The summed E-state index contributed by atoms with van der Waals surface area (Å²) in [4.78, 5) is 11.8. The zero-order valence-electron chi connectivity index (χ0n) is 12.0. The summed E-state index contributed by atoms with van der Waals surface area (Å²) in [5.41, 5.74) is -0.0926. The lowest BCUT2D eigenvalue weighted by molar-refractivity contribution is -0.0287. The lowest BCUT2D eigenvalue weighted by atomic mass is 9.80. The molecule has 3 N–H and O–H groups in total. The fourth-order valence-electron chi connectivity index (χ4n) is 2.10. The highest BCUT2D eigenvalue weighted by Gasteiger charge is 2.34. The van der Waals surface area contributed by atoms with Crippen LogP contribution in [-0.2, 0) is 0 Å². The van der Waals surface area contributed by atoms with Crippen molar-refractivity contribution in [2.24, 2.45) is 0 Å². The molecule has 1 aliphatic rings. The largest absolute Gasteiger partial charge is 0.489 e. The molecule has 1 aromatic carbocycles. The number of hydrogen-bond acceptors (Lipinski definition) is 3. The van der Waals surface area contributed by atoms with Crippen molar-refractivity contribution in [3.63, 3.8) is 0 Å². The van der Waals surface area contributed by atoms with Gasteiger partial charge in [0.25, 0.3) is 0 Å². The summed E-state index contributed by atoms with van der Waals surface area (Å²) < 4.78 is 5.63. The Morgan fingerprint density at radius 2 is 2.10 bits per heavy atom. The van der Waals surface area contributed by atoms with Gasteiger partial charge in [0.05, 0.1) is 17.4 Å². The van der Waals surface area contributed by atoms with Crippen molar-refractivity contribution in [1.82, 2.24) is 5.32 Å². The topological polar surface area (TPSA) is 70.6 Å². The van der Waals surface area contributed by atoms with E-state index in [1.54, 1.807) is 6.07 Å². The molecule has 5 heteroatoms. The lowest BCUT2D eigenvalue weighted by Gasteiger charge is -2.36. The van der Waals surface area contributed by atoms with Crippen LogP contribution in [0.25, 0.3) is 0 Å². The molecule has 0 radical (unpaired) electrons. The van der Waals surface area contributed by atoms with Crippen LogP contribution in [0.1, 0.15) is 33.1 Å². The third kappa shape index (κ3) is 3.87. The van der Waals surface area contributed by atoms with Crippen molar-refractivity contribution in [3.8, 4) is 5.75 Å². The number of hydrogen-bond donors (Lipinski definition) is 3.